The van der Waals surface area contributed by atoms with Crippen LogP contribution in [0.1, 0.15) is 47.0 Å². The molecule has 0 bridgehead atoms. The number of aliphatic imine (C=N–C) groups is 1. The van der Waals surface area contributed by atoms with Gasteiger partial charge in [-0.2, -0.15) is 0 Å². The van der Waals surface area contributed by atoms with Gasteiger partial charge < -0.3 is 20.3 Å². The Hall–Kier alpha value is -2.13. The summed E-state index contributed by atoms with van der Waals surface area (Å²) in [6.45, 7) is 10.4. The summed E-state index contributed by atoms with van der Waals surface area (Å²) >= 11 is 0. The number of nitrogens with zero attached hydrogens (tertiary/aromatic N) is 2. The number of halogens is 1. The van der Waals surface area contributed by atoms with Crippen molar-refractivity contribution in [2.24, 2.45) is 4.99 Å². The first-order valence-electron chi connectivity index (χ1n) is 10.7. The van der Waals surface area contributed by atoms with Gasteiger partial charge in [-0.1, -0.05) is 36.4 Å². The normalized spacial score (nSPS) is 16.4. The molecule has 2 aromatic carbocycles. The van der Waals surface area contributed by atoms with Crippen LogP contribution in [-0.2, 0) is 11.3 Å². The minimum atomic E-state index is -0.0450. The van der Waals surface area contributed by atoms with Crippen molar-refractivity contribution in [1.29, 1.82) is 0 Å². The number of amides is 1. The van der Waals surface area contributed by atoms with Gasteiger partial charge in [0.25, 0.3) is 5.91 Å². The summed E-state index contributed by atoms with van der Waals surface area (Å²) < 4.78 is 6.06. The molecule has 3 rings (SSSR count). The number of ether oxygens (including phenoxy) is 1. The molecule has 0 saturated carbocycles. The second-order valence-corrected chi connectivity index (χ2v) is 7.39. The summed E-state index contributed by atoms with van der Waals surface area (Å²) in [6, 6.07) is 16.0. The van der Waals surface area contributed by atoms with E-state index in [9.17, 15) is 4.79 Å². The summed E-state index contributed by atoms with van der Waals surface area (Å²) in [6.07, 6.45) is 0.0418. The van der Waals surface area contributed by atoms with Crippen molar-refractivity contribution in [3.05, 3.63) is 70.8 Å². The molecule has 1 amide bonds. The highest BCUT2D eigenvalue weighted by molar-refractivity contribution is 14.0. The highest BCUT2D eigenvalue weighted by Gasteiger charge is 2.25. The smallest absolute Gasteiger partial charge is 0.251 e. The number of hydrogen-bond donors (Lipinski definition) is 2. The van der Waals surface area contributed by atoms with Crippen LogP contribution in [0.15, 0.2) is 53.5 Å². The molecule has 1 atom stereocenters. The third-order valence-electron chi connectivity index (χ3n) is 5.20. The third-order valence-corrected chi connectivity index (χ3v) is 5.20. The fourth-order valence-electron chi connectivity index (χ4n) is 3.59. The zero-order valence-corrected chi connectivity index (χ0v) is 20.9. The van der Waals surface area contributed by atoms with Crippen LogP contribution < -0.4 is 10.6 Å². The highest BCUT2D eigenvalue weighted by Crippen LogP contribution is 2.25. The van der Waals surface area contributed by atoms with E-state index in [1.54, 1.807) is 0 Å². The number of morpholine rings is 1. The van der Waals surface area contributed by atoms with E-state index < -0.39 is 0 Å². The second-order valence-electron chi connectivity index (χ2n) is 7.39. The molecule has 0 spiro atoms. The number of carbonyl (C=O) groups excluding carboxylic acids is 1. The van der Waals surface area contributed by atoms with Gasteiger partial charge in [-0.15, -0.1) is 24.0 Å². The van der Waals surface area contributed by atoms with E-state index in [2.05, 4.69) is 53.6 Å². The predicted molar refractivity (Wildman–Crippen MR) is 136 cm³/mol. The van der Waals surface area contributed by atoms with E-state index >= 15 is 0 Å². The van der Waals surface area contributed by atoms with Crippen molar-refractivity contribution in [3.63, 3.8) is 0 Å². The molecule has 7 heteroatoms. The highest BCUT2D eigenvalue weighted by atomic mass is 127. The molecule has 6 nitrogen and oxygen atoms in total. The first kappa shape index (κ1) is 25.1. The lowest BCUT2D eigenvalue weighted by Gasteiger charge is -2.35. The summed E-state index contributed by atoms with van der Waals surface area (Å²) in [5.41, 5.74) is 4.23. The van der Waals surface area contributed by atoms with Gasteiger partial charge in [0.15, 0.2) is 5.96 Å². The maximum absolute atomic E-state index is 11.9. The van der Waals surface area contributed by atoms with Gasteiger partial charge in [-0.25, -0.2) is 4.99 Å². The van der Waals surface area contributed by atoms with E-state index in [0.717, 1.165) is 31.2 Å². The monoisotopic (exact) mass is 536 g/mol. The Morgan fingerprint density at radius 1 is 1.10 bits per heavy atom. The zero-order chi connectivity index (χ0) is 21.3. The molecule has 1 unspecified atom stereocenters. The lowest BCUT2D eigenvalue weighted by molar-refractivity contribution is -0.00834. The molecule has 0 aromatic heterocycles. The van der Waals surface area contributed by atoms with Crippen LogP contribution in [0.4, 0.5) is 0 Å². The van der Waals surface area contributed by atoms with Crippen LogP contribution in [-0.4, -0.2) is 49.6 Å². The molecule has 168 valence electrons. The van der Waals surface area contributed by atoms with Crippen molar-refractivity contribution >= 4 is 35.8 Å². The van der Waals surface area contributed by atoms with Crippen molar-refractivity contribution < 1.29 is 9.53 Å². The fourth-order valence-corrected chi connectivity index (χ4v) is 3.59. The molecule has 1 heterocycles. The quantitative estimate of drug-likeness (QED) is 0.334. The summed E-state index contributed by atoms with van der Waals surface area (Å²) in [5, 5.41) is 6.23. The van der Waals surface area contributed by atoms with Gasteiger partial charge in [0.05, 0.1) is 19.7 Å². The Balaban J connectivity index is 0.00000341. The Kier molecular flexibility index (Phi) is 10.3. The van der Waals surface area contributed by atoms with Gasteiger partial charge in [0, 0.05) is 25.2 Å². The number of guanidine groups is 1. The summed E-state index contributed by atoms with van der Waals surface area (Å²) in [4.78, 5) is 19.0. The molecule has 2 N–H and O–H groups in total. The van der Waals surface area contributed by atoms with Crippen molar-refractivity contribution in [2.75, 3.05) is 32.8 Å². The SMILES string of the molecule is CCNC(=O)c1ccc(CN=C(NCC)N2CCOC(c3ccccc3C)C2)cc1.I. The van der Waals surface area contributed by atoms with Crippen LogP contribution in [0, 0.1) is 6.92 Å². The zero-order valence-electron chi connectivity index (χ0n) is 18.6. The lowest BCUT2D eigenvalue weighted by atomic mass is 10.0. The lowest BCUT2D eigenvalue weighted by Crippen LogP contribution is -2.48. The van der Waals surface area contributed by atoms with Crippen molar-refractivity contribution in [3.8, 4) is 0 Å². The van der Waals surface area contributed by atoms with Crippen molar-refractivity contribution in [2.45, 2.75) is 33.4 Å². The molecule has 31 heavy (non-hydrogen) atoms. The average molecular weight is 536 g/mol. The Morgan fingerprint density at radius 3 is 2.48 bits per heavy atom. The maximum Gasteiger partial charge on any atom is 0.251 e. The first-order valence-corrected chi connectivity index (χ1v) is 10.7. The van der Waals surface area contributed by atoms with Gasteiger partial charge in [0.1, 0.15) is 6.10 Å². The predicted octanol–water partition coefficient (Wildman–Crippen LogP) is 3.90. The molecule has 2 aromatic rings. The van der Waals surface area contributed by atoms with E-state index in [4.69, 9.17) is 9.73 Å². The molecule has 1 aliphatic heterocycles. The van der Waals surface area contributed by atoms with Gasteiger partial charge in [-0.05, 0) is 49.6 Å². The number of hydrogen-bond acceptors (Lipinski definition) is 3. The number of aryl methyl sites for hydroxylation is 1. The molecule has 1 saturated heterocycles. The first-order chi connectivity index (χ1) is 14.6. The fraction of sp³-hybridized carbons (Fsp3) is 0.417. The molecule has 0 radical (unpaired) electrons. The number of benzene rings is 2. The summed E-state index contributed by atoms with van der Waals surface area (Å²) in [5.74, 6) is 0.851. The average Bonchev–Trinajstić information content (AvgIpc) is 2.77. The van der Waals surface area contributed by atoms with Crippen LogP contribution in [0.25, 0.3) is 0 Å². The maximum atomic E-state index is 11.9. The molecular formula is C24H33IN4O2. The van der Waals surface area contributed by atoms with Gasteiger partial charge in [0.2, 0.25) is 0 Å². The largest absolute Gasteiger partial charge is 0.370 e. The van der Waals surface area contributed by atoms with Crippen LogP contribution in [0.2, 0.25) is 0 Å². The van der Waals surface area contributed by atoms with E-state index in [1.165, 1.54) is 11.1 Å². The Bertz CT molecular complexity index is 870. The second kappa shape index (κ2) is 12.7. The molecule has 1 aliphatic rings. The van der Waals surface area contributed by atoms with E-state index in [1.807, 2.05) is 31.2 Å². The van der Waals surface area contributed by atoms with E-state index in [0.29, 0.717) is 25.3 Å². The number of nitrogens with one attached hydrogen (secondary N) is 2. The minimum Gasteiger partial charge on any atom is -0.370 e. The molecule has 1 fully saturated rings. The molecule has 0 aliphatic carbocycles. The van der Waals surface area contributed by atoms with Gasteiger partial charge in [-0.3, -0.25) is 4.79 Å². The Morgan fingerprint density at radius 2 is 1.81 bits per heavy atom. The minimum absolute atomic E-state index is 0. The molecular weight excluding hydrogens is 503 g/mol. The van der Waals surface area contributed by atoms with Crippen LogP contribution >= 0.6 is 24.0 Å². The van der Waals surface area contributed by atoms with Crippen LogP contribution in [0.3, 0.4) is 0 Å². The van der Waals surface area contributed by atoms with Gasteiger partial charge >= 0.3 is 0 Å². The summed E-state index contributed by atoms with van der Waals surface area (Å²) in [7, 11) is 0. The topological polar surface area (TPSA) is 66.0 Å². The third kappa shape index (κ3) is 6.93. The Labute approximate surface area is 202 Å². The van der Waals surface area contributed by atoms with Crippen LogP contribution in [0.5, 0.6) is 0 Å². The number of rotatable bonds is 6. The number of carbonyl (C=O) groups is 1. The standard InChI is InChI=1S/C24H32N4O2.HI/c1-4-25-23(29)20-12-10-19(11-13-20)16-27-24(26-5-2)28-14-15-30-22(17-28)21-9-7-6-8-18(21)3;/h6-13,22H,4-5,14-17H2,1-3H3,(H,25,29)(H,26,27);1H. The van der Waals surface area contributed by atoms with Crippen molar-refractivity contribution in [1.82, 2.24) is 15.5 Å². The van der Waals surface area contributed by atoms with E-state index in [-0.39, 0.29) is 36.0 Å².